The summed E-state index contributed by atoms with van der Waals surface area (Å²) in [6.07, 6.45) is 0. The molecule has 0 radical (unpaired) electrons. The van der Waals surface area contributed by atoms with Crippen LogP contribution in [-0.2, 0) is 5.41 Å². The first kappa shape index (κ1) is 20.8. The lowest BCUT2D eigenvalue weighted by atomic mass is 9.67. The molecule has 2 heteroatoms. The quantitative estimate of drug-likeness (QED) is 0.271. The summed E-state index contributed by atoms with van der Waals surface area (Å²) in [6.45, 7) is 2.05. The van der Waals surface area contributed by atoms with E-state index in [0.29, 0.717) is 0 Å². The molecule has 1 aliphatic carbocycles. The zero-order valence-corrected chi connectivity index (χ0v) is 19.9. The third-order valence-electron chi connectivity index (χ3n) is 7.79. The third-order valence-corrected chi connectivity index (χ3v) is 7.79. The van der Waals surface area contributed by atoms with E-state index in [1.165, 1.54) is 33.4 Å². The molecule has 0 saturated carbocycles. The van der Waals surface area contributed by atoms with E-state index < -0.39 is 5.41 Å². The second kappa shape index (κ2) is 7.47. The van der Waals surface area contributed by atoms with Crippen LogP contribution in [0, 0.1) is 6.92 Å². The summed E-state index contributed by atoms with van der Waals surface area (Å²) < 4.78 is 0. The lowest BCUT2D eigenvalue weighted by Crippen LogP contribution is -2.28. The lowest BCUT2D eigenvalue weighted by molar-refractivity contribution is 0.475. The molecule has 0 atom stereocenters. The van der Waals surface area contributed by atoms with E-state index in [2.05, 4.69) is 91.9 Å². The number of fused-ring (bicyclic) bond motifs is 5. The Bertz CT molecular complexity index is 1780. The average Bonchev–Trinajstić information content (AvgIpc) is 3.19. The topological polar surface area (TPSA) is 40.5 Å². The van der Waals surface area contributed by atoms with Crippen LogP contribution in [0.3, 0.4) is 0 Å². The number of phenols is 2. The molecule has 0 aromatic heterocycles. The van der Waals surface area contributed by atoms with Gasteiger partial charge >= 0.3 is 0 Å². The van der Waals surface area contributed by atoms with Gasteiger partial charge in [0.1, 0.15) is 11.5 Å². The number of hydrogen-bond acceptors (Lipinski definition) is 2. The Morgan fingerprint density at radius 1 is 0.500 bits per heavy atom. The predicted octanol–water partition coefficient (Wildman–Crippen LogP) is 8.08. The summed E-state index contributed by atoms with van der Waals surface area (Å²) in [5.74, 6) is 0.562. The van der Waals surface area contributed by atoms with Gasteiger partial charge in [0.15, 0.2) is 0 Å². The van der Waals surface area contributed by atoms with Crippen molar-refractivity contribution < 1.29 is 10.2 Å². The van der Waals surface area contributed by atoms with Crippen molar-refractivity contribution in [2.24, 2.45) is 0 Å². The van der Waals surface area contributed by atoms with E-state index in [4.69, 9.17) is 0 Å². The number of aryl methyl sites for hydroxylation is 1. The molecule has 2 N–H and O–H groups in total. The minimum atomic E-state index is -0.502. The smallest absolute Gasteiger partial charge is 0.116 e. The van der Waals surface area contributed by atoms with Crippen LogP contribution in [0.1, 0.15) is 27.8 Å². The molecule has 2 nitrogen and oxygen atoms in total. The standard InChI is InChI=1S/C34H24O2/c1-21-16-28(36)19-24-11-14-26(20-31(21)24)34(25-13-10-23-18-27(35)15-12-22(23)17-25)32-8-4-2-6-29(32)30-7-3-5-9-33(30)34/h2-20,35-36H,1H3. The normalized spacial score (nSPS) is 13.6. The van der Waals surface area contributed by atoms with E-state index in [9.17, 15) is 10.2 Å². The van der Waals surface area contributed by atoms with Crippen molar-refractivity contribution in [2.45, 2.75) is 12.3 Å². The third kappa shape index (κ3) is 2.79. The van der Waals surface area contributed by atoms with E-state index in [1.807, 2.05) is 24.3 Å². The van der Waals surface area contributed by atoms with Crippen molar-refractivity contribution in [1.82, 2.24) is 0 Å². The summed E-state index contributed by atoms with van der Waals surface area (Å²) >= 11 is 0. The fraction of sp³-hybridized carbons (Fsp3) is 0.0588. The van der Waals surface area contributed by atoms with Crippen LogP contribution in [0.25, 0.3) is 32.7 Å². The van der Waals surface area contributed by atoms with E-state index in [1.54, 1.807) is 6.07 Å². The molecular formula is C34H24O2. The maximum atomic E-state index is 10.2. The molecule has 0 bridgehead atoms. The second-order valence-electron chi connectivity index (χ2n) is 9.79. The van der Waals surface area contributed by atoms with Crippen LogP contribution in [0.5, 0.6) is 11.5 Å². The molecule has 36 heavy (non-hydrogen) atoms. The maximum Gasteiger partial charge on any atom is 0.116 e. The number of aromatic hydroxyl groups is 2. The van der Waals surface area contributed by atoms with Crippen LogP contribution in [0.4, 0.5) is 0 Å². The van der Waals surface area contributed by atoms with Gasteiger partial charge in [-0.1, -0.05) is 78.9 Å². The number of hydrogen-bond donors (Lipinski definition) is 2. The first-order valence-corrected chi connectivity index (χ1v) is 12.2. The zero-order valence-electron chi connectivity index (χ0n) is 19.9. The lowest BCUT2D eigenvalue weighted by Gasteiger charge is -2.34. The number of benzene rings is 6. The van der Waals surface area contributed by atoms with Gasteiger partial charge < -0.3 is 10.2 Å². The monoisotopic (exact) mass is 464 g/mol. The highest BCUT2D eigenvalue weighted by atomic mass is 16.3. The van der Waals surface area contributed by atoms with Crippen molar-refractivity contribution in [3.05, 3.63) is 143 Å². The highest BCUT2D eigenvalue weighted by Gasteiger charge is 2.46. The van der Waals surface area contributed by atoms with Crippen molar-refractivity contribution in [1.29, 1.82) is 0 Å². The Labute approximate surface area is 209 Å². The molecule has 0 saturated heterocycles. The Hall–Kier alpha value is -4.56. The molecule has 0 fully saturated rings. The van der Waals surface area contributed by atoms with Crippen LogP contribution < -0.4 is 0 Å². The first-order valence-electron chi connectivity index (χ1n) is 12.2. The number of phenolic OH excluding ortho intramolecular Hbond substituents is 2. The highest BCUT2D eigenvalue weighted by molar-refractivity contribution is 5.93. The summed E-state index contributed by atoms with van der Waals surface area (Å²) in [5, 5.41) is 24.5. The van der Waals surface area contributed by atoms with Crippen molar-refractivity contribution >= 4 is 21.5 Å². The minimum absolute atomic E-state index is 0.273. The molecule has 6 aromatic carbocycles. The first-order chi connectivity index (χ1) is 17.6. The van der Waals surface area contributed by atoms with Crippen LogP contribution in [0.2, 0.25) is 0 Å². The van der Waals surface area contributed by atoms with Gasteiger partial charge in [-0.25, -0.2) is 0 Å². The van der Waals surface area contributed by atoms with Gasteiger partial charge in [-0.05, 0) is 104 Å². The van der Waals surface area contributed by atoms with Crippen LogP contribution in [-0.4, -0.2) is 10.2 Å². The molecule has 7 rings (SSSR count). The summed E-state index contributed by atoms with van der Waals surface area (Å²) in [7, 11) is 0. The van der Waals surface area contributed by atoms with Gasteiger partial charge in [-0.15, -0.1) is 0 Å². The largest absolute Gasteiger partial charge is 0.508 e. The van der Waals surface area contributed by atoms with Crippen molar-refractivity contribution in [3.8, 4) is 22.6 Å². The molecule has 172 valence electrons. The molecule has 0 aliphatic heterocycles. The highest BCUT2D eigenvalue weighted by Crippen LogP contribution is 2.56. The molecule has 0 amide bonds. The Balaban J connectivity index is 1.63. The Morgan fingerprint density at radius 3 is 1.78 bits per heavy atom. The SMILES string of the molecule is Cc1cc(O)cc2ccc(C3(c4ccc5cc(O)ccc5c4)c4ccccc4-c4ccccc43)cc12. The molecular weight excluding hydrogens is 440 g/mol. The molecule has 6 aromatic rings. The summed E-state index contributed by atoms with van der Waals surface area (Å²) in [4.78, 5) is 0. The van der Waals surface area contributed by atoms with E-state index in [0.717, 1.165) is 27.1 Å². The molecule has 0 heterocycles. The van der Waals surface area contributed by atoms with E-state index >= 15 is 0 Å². The maximum absolute atomic E-state index is 10.2. The molecule has 1 aliphatic rings. The van der Waals surface area contributed by atoms with Crippen LogP contribution >= 0.6 is 0 Å². The minimum Gasteiger partial charge on any atom is -0.508 e. The fourth-order valence-electron chi connectivity index (χ4n) is 6.25. The van der Waals surface area contributed by atoms with Crippen molar-refractivity contribution in [2.75, 3.05) is 0 Å². The van der Waals surface area contributed by atoms with Gasteiger partial charge in [0, 0.05) is 0 Å². The van der Waals surface area contributed by atoms with Crippen LogP contribution in [0.15, 0.2) is 115 Å². The summed E-state index contributed by atoms with van der Waals surface area (Å²) in [6, 6.07) is 39.9. The number of rotatable bonds is 2. The molecule has 0 spiro atoms. The predicted molar refractivity (Wildman–Crippen MR) is 147 cm³/mol. The Morgan fingerprint density at radius 2 is 1.06 bits per heavy atom. The average molecular weight is 465 g/mol. The van der Waals surface area contributed by atoms with Gasteiger partial charge in [0.25, 0.3) is 0 Å². The molecule has 0 unspecified atom stereocenters. The van der Waals surface area contributed by atoms with E-state index in [-0.39, 0.29) is 11.5 Å². The van der Waals surface area contributed by atoms with Gasteiger partial charge in [0.05, 0.1) is 5.41 Å². The zero-order chi connectivity index (χ0) is 24.4. The second-order valence-corrected chi connectivity index (χ2v) is 9.79. The Kier molecular flexibility index (Phi) is 4.31. The van der Waals surface area contributed by atoms with Gasteiger partial charge in [0.2, 0.25) is 0 Å². The summed E-state index contributed by atoms with van der Waals surface area (Å²) in [5.41, 5.74) is 7.96. The van der Waals surface area contributed by atoms with Crippen molar-refractivity contribution in [3.63, 3.8) is 0 Å². The fourth-order valence-corrected chi connectivity index (χ4v) is 6.25. The van der Waals surface area contributed by atoms with Gasteiger partial charge in [-0.3, -0.25) is 0 Å². The van der Waals surface area contributed by atoms with Gasteiger partial charge in [-0.2, -0.15) is 0 Å².